The molecule has 0 radical (unpaired) electrons. The number of nitrogens with zero attached hydrogens (tertiary/aromatic N) is 1. The molecule has 0 unspecified atom stereocenters. The first-order valence-corrected chi connectivity index (χ1v) is 5.32. The highest BCUT2D eigenvalue weighted by atomic mass is 32.1. The first kappa shape index (κ1) is 11.3. The van der Waals surface area contributed by atoms with Crippen LogP contribution in [0.5, 0.6) is 0 Å². The van der Waals surface area contributed by atoms with E-state index >= 15 is 0 Å². The van der Waals surface area contributed by atoms with E-state index in [9.17, 15) is 14.4 Å². The van der Waals surface area contributed by atoms with Gasteiger partial charge in [0.2, 0.25) is 5.82 Å². The maximum atomic E-state index is 11.6. The zero-order valence-corrected chi connectivity index (χ0v) is 9.08. The number of H-pyrrole nitrogens is 1. The Morgan fingerprint density at radius 2 is 2.12 bits per heavy atom. The van der Waals surface area contributed by atoms with Crippen LogP contribution in [0.4, 0.5) is 0 Å². The number of aromatic carboxylic acids is 1. The van der Waals surface area contributed by atoms with Crippen molar-refractivity contribution >= 4 is 33.5 Å². The molecule has 8 heteroatoms. The standard InChI is InChI=1S/C9H6N2O5S/c12-4(13)1-3-2-17-8-5(3)7(14)10-6(11-8)9(15)16/h2H,1H2,(H,12,13)(H,15,16)(H,10,11,14). The lowest BCUT2D eigenvalue weighted by atomic mass is 10.2. The topological polar surface area (TPSA) is 120 Å². The molecule has 17 heavy (non-hydrogen) atoms. The van der Waals surface area contributed by atoms with Crippen molar-refractivity contribution in [2.75, 3.05) is 0 Å². The van der Waals surface area contributed by atoms with Gasteiger partial charge in [0.05, 0.1) is 11.8 Å². The normalized spacial score (nSPS) is 10.6. The Kier molecular flexibility index (Phi) is 2.64. The lowest BCUT2D eigenvalue weighted by molar-refractivity contribution is -0.136. The molecule has 0 aromatic carbocycles. The van der Waals surface area contributed by atoms with Crippen LogP contribution in [-0.2, 0) is 11.2 Å². The van der Waals surface area contributed by atoms with Gasteiger partial charge < -0.3 is 15.2 Å². The molecule has 3 N–H and O–H groups in total. The van der Waals surface area contributed by atoms with E-state index in [0.717, 1.165) is 11.3 Å². The molecule has 0 amide bonds. The third-order valence-electron chi connectivity index (χ3n) is 2.06. The van der Waals surface area contributed by atoms with Gasteiger partial charge in [-0.1, -0.05) is 0 Å². The fraction of sp³-hybridized carbons (Fsp3) is 0.111. The van der Waals surface area contributed by atoms with Crippen molar-refractivity contribution < 1.29 is 19.8 Å². The van der Waals surface area contributed by atoms with Gasteiger partial charge in [-0.25, -0.2) is 9.78 Å². The van der Waals surface area contributed by atoms with Crippen LogP contribution >= 0.6 is 11.3 Å². The summed E-state index contributed by atoms with van der Waals surface area (Å²) in [5.41, 5.74) is -0.298. The number of carboxylic acids is 2. The summed E-state index contributed by atoms with van der Waals surface area (Å²) < 4.78 is 0. The molecule has 7 nitrogen and oxygen atoms in total. The Labute approximate surface area is 97.4 Å². The minimum atomic E-state index is -1.34. The number of carboxylic acid groups (broad SMARTS) is 2. The van der Waals surface area contributed by atoms with Gasteiger partial charge in [-0.15, -0.1) is 11.3 Å². The van der Waals surface area contributed by atoms with Crippen molar-refractivity contribution in [3.8, 4) is 0 Å². The molecule has 0 saturated heterocycles. The van der Waals surface area contributed by atoms with E-state index < -0.39 is 23.3 Å². The first-order chi connectivity index (χ1) is 7.99. The van der Waals surface area contributed by atoms with Crippen LogP contribution < -0.4 is 5.56 Å². The lowest BCUT2D eigenvalue weighted by Gasteiger charge is -1.96. The molecular formula is C9H6N2O5S. The quantitative estimate of drug-likeness (QED) is 0.724. The SMILES string of the molecule is O=C(O)Cc1csc2nc(C(=O)O)[nH]c(=O)c12. The van der Waals surface area contributed by atoms with Crippen molar-refractivity contribution in [2.24, 2.45) is 0 Å². The van der Waals surface area contributed by atoms with Gasteiger partial charge in [-0.2, -0.15) is 0 Å². The number of hydrogen-bond acceptors (Lipinski definition) is 5. The molecule has 0 aliphatic carbocycles. The number of fused-ring (bicyclic) bond motifs is 1. The molecule has 0 aliphatic rings. The van der Waals surface area contributed by atoms with Crippen molar-refractivity contribution in [2.45, 2.75) is 6.42 Å². The number of nitrogens with one attached hydrogen (secondary N) is 1. The Hall–Kier alpha value is -2.22. The average molecular weight is 254 g/mol. The summed E-state index contributed by atoms with van der Waals surface area (Å²) in [5, 5.41) is 19.0. The maximum absolute atomic E-state index is 11.6. The summed E-state index contributed by atoms with van der Waals surface area (Å²) in [6.07, 6.45) is -0.294. The second kappa shape index (κ2) is 3.98. The predicted octanol–water partition coefficient (Wildman–Crippen LogP) is 0.310. The summed E-state index contributed by atoms with van der Waals surface area (Å²) >= 11 is 1.04. The molecule has 2 aromatic rings. The molecule has 0 bridgehead atoms. The van der Waals surface area contributed by atoms with Gasteiger partial charge in [0, 0.05) is 0 Å². The van der Waals surface area contributed by atoms with Gasteiger partial charge >= 0.3 is 11.9 Å². The number of carbonyl (C=O) groups is 2. The van der Waals surface area contributed by atoms with E-state index in [-0.39, 0.29) is 16.6 Å². The minimum Gasteiger partial charge on any atom is -0.481 e. The van der Waals surface area contributed by atoms with E-state index in [1.165, 1.54) is 5.38 Å². The van der Waals surface area contributed by atoms with Gasteiger partial charge in [0.15, 0.2) is 0 Å². The molecule has 0 atom stereocenters. The fourth-order valence-corrected chi connectivity index (χ4v) is 2.34. The van der Waals surface area contributed by atoms with Crippen LogP contribution in [0.3, 0.4) is 0 Å². The summed E-state index contributed by atoms with van der Waals surface area (Å²) in [6, 6.07) is 0. The highest BCUT2D eigenvalue weighted by Crippen LogP contribution is 2.21. The Bertz CT molecular complexity index is 672. The average Bonchev–Trinajstić information content (AvgIpc) is 2.60. The van der Waals surface area contributed by atoms with E-state index in [1.54, 1.807) is 0 Å². The number of hydrogen-bond donors (Lipinski definition) is 3. The van der Waals surface area contributed by atoms with Crippen molar-refractivity contribution in [3.63, 3.8) is 0 Å². The minimum absolute atomic E-state index is 0.141. The summed E-state index contributed by atoms with van der Waals surface area (Å²) in [5.74, 6) is -2.85. The van der Waals surface area contributed by atoms with Crippen LogP contribution in [0, 0.1) is 0 Å². The molecule has 2 heterocycles. The van der Waals surface area contributed by atoms with Crippen molar-refractivity contribution in [3.05, 3.63) is 27.1 Å². The van der Waals surface area contributed by atoms with Gasteiger partial charge in [0.1, 0.15) is 4.83 Å². The zero-order valence-electron chi connectivity index (χ0n) is 8.26. The fourth-order valence-electron chi connectivity index (χ4n) is 1.40. The molecule has 88 valence electrons. The maximum Gasteiger partial charge on any atom is 0.372 e. The highest BCUT2D eigenvalue weighted by molar-refractivity contribution is 7.16. The van der Waals surface area contributed by atoms with Gasteiger partial charge in [-0.3, -0.25) is 9.59 Å². The van der Waals surface area contributed by atoms with E-state index in [0.29, 0.717) is 5.56 Å². The molecule has 0 aliphatic heterocycles. The summed E-state index contributed by atoms with van der Waals surface area (Å²) in [7, 11) is 0. The van der Waals surface area contributed by atoms with Gasteiger partial charge in [-0.05, 0) is 10.9 Å². The van der Waals surface area contributed by atoms with Crippen LogP contribution in [0.1, 0.15) is 16.2 Å². The summed E-state index contributed by atoms with van der Waals surface area (Å²) in [6.45, 7) is 0. The molecular weight excluding hydrogens is 248 g/mol. The zero-order chi connectivity index (χ0) is 12.6. The third kappa shape index (κ3) is 2.02. The smallest absolute Gasteiger partial charge is 0.372 e. The van der Waals surface area contributed by atoms with Crippen LogP contribution in [0.25, 0.3) is 10.2 Å². The third-order valence-corrected chi connectivity index (χ3v) is 2.99. The van der Waals surface area contributed by atoms with Crippen molar-refractivity contribution in [1.82, 2.24) is 9.97 Å². The van der Waals surface area contributed by atoms with Crippen LogP contribution in [-0.4, -0.2) is 32.1 Å². The van der Waals surface area contributed by atoms with Crippen LogP contribution in [0.2, 0.25) is 0 Å². The second-order valence-electron chi connectivity index (χ2n) is 3.23. The number of thiophene rings is 1. The Morgan fingerprint density at radius 3 is 2.71 bits per heavy atom. The molecule has 0 spiro atoms. The lowest BCUT2D eigenvalue weighted by Crippen LogP contribution is -2.16. The number of aliphatic carboxylic acids is 1. The van der Waals surface area contributed by atoms with E-state index in [4.69, 9.17) is 10.2 Å². The molecule has 2 rings (SSSR count). The number of rotatable bonds is 3. The molecule has 2 aromatic heterocycles. The highest BCUT2D eigenvalue weighted by Gasteiger charge is 2.15. The number of aromatic amines is 1. The van der Waals surface area contributed by atoms with E-state index in [1.807, 2.05) is 0 Å². The largest absolute Gasteiger partial charge is 0.481 e. The molecule has 0 saturated carbocycles. The summed E-state index contributed by atoms with van der Waals surface area (Å²) in [4.78, 5) is 38.9. The van der Waals surface area contributed by atoms with Crippen molar-refractivity contribution in [1.29, 1.82) is 0 Å². The Morgan fingerprint density at radius 1 is 1.41 bits per heavy atom. The van der Waals surface area contributed by atoms with Crippen LogP contribution in [0.15, 0.2) is 10.2 Å². The van der Waals surface area contributed by atoms with E-state index in [2.05, 4.69) is 9.97 Å². The number of aromatic nitrogens is 2. The Balaban J connectivity index is 2.67. The monoisotopic (exact) mass is 254 g/mol. The predicted molar refractivity (Wildman–Crippen MR) is 58.5 cm³/mol. The first-order valence-electron chi connectivity index (χ1n) is 4.44. The van der Waals surface area contributed by atoms with Gasteiger partial charge in [0.25, 0.3) is 5.56 Å². The molecule has 0 fully saturated rings. The second-order valence-corrected chi connectivity index (χ2v) is 4.09.